The van der Waals surface area contributed by atoms with Crippen LogP contribution >= 0.6 is 0 Å². The molecule has 3 nitrogen and oxygen atoms in total. The number of nitrogens with zero attached hydrogens (tertiary/aromatic N) is 1. The Morgan fingerprint density at radius 3 is 3.09 bits per heavy atom. The van der Waals surface area contributed by atoms with Crippen molar-refractivity contribution in [2.24, 2.45) is 5.73 Å². The molecule has 0 saturated carbocycles. The molecule has 0 fully saturated rings. The lowest BCUT2D eigenvalue weighted by Gasteiger charge is -2.21. The van der Waals surface area contributed by atoms with Gasteiger partial charge in [0.15, 0.2) is 0 Å². The molecule has 0 aromatic rings. The average molecular weight is 152 g/mol. The van der Waals surface area contributed by atoms with E-state index in [0.717, 1.165) is 6.54 Å². The Bertz CT molecular complexity index is 218. The molecule has 0 unspecified atom stereocenters. The first-order valence-corrected chi connectivity index (χ1v) is 3.65. The van der Waals surface area contributed by atoms with Crippen LogP contribution in [0, 0.1) is 0 Å². The lowest BCUT2D eigenvalue weighted by atomic mass is 10.2. The molecule has 2 N–H and O–H groups in total. The molecule has 1 rings (SSSR count). The molecule has 0 saturated heterocycles. The minimum atomic E-state index is -0.326. The van der Waals surface area contributed by atoms with Gasteiger partial charge in [0.05, 0.1) is 0 Å². The fourth-order valence-electron chi connectivity index (χ4n) is 0.982. The number of allylic oxidation sites excluding steroid dienone is 2. The Morgan fingerprint density at radius 1 is 1.82 bits per heavy atom. The highest BCUT2D eigenvalue weighted by molar-refractivity contribution is 5.92. The molecule has 11 heavy (non-hydrogen) atoms. The molecule has 0 aliphatic carbocycles. The van der Waals surface area contributed by atoms with E-state index in [9.17, 15) is 4.79 Å². The summed E-state index contributed by atoms with van der Waals surface area (Å²) in [4.78, 5) is 12.7. The standard InChI is InChI=1S/C8H12N2O/c1-2-10-5-3-4-7(6-10)8(9)11/h3-5H,2,6H2,1H3,(H2,9,11). The predicted octanol–water partition coefficient (Wildman–Crippen LogP) is 0.247. The van der Waals surface area contributed by atoms with Crippen molar-refractivity contribution in [3.63, 3.8) is 0 Å². The van der Waals surface area contributed by atoms with E-state index in [1.165, 1.54) is 0 Å². The summed E-state index contributed by atoms with van der Waals surface area (Å²) in [6.45, 7) is 3.58. The van der Waals surface area contributed by atoms with Crippen molar-refractivity contribution in [3.05, 3.63) is 23.9 Å². The number of nitrogens with two attached hydrogens (primary N) is 1. The third-order valence-corrected chi connectivity index (χ3v) is 1.69. The normalized spacial score (nSPS) is 16.5. The van der Waals surface area contributed by atoms with E-state index in [1.807, 2.05) is 24.1 Å². The maximum absolute atomic E-state index is 10.7. The first-order valence-electron chi connectivity index (χ1n) is 3.65. The summed E-state index contributed by atoms with van der Waals surface area (Å²) in [6, 6.07) is 0. The number of likely N-dealkylation sites (N-methyl/N-ethyl adjacent to an activating group) is 1. The van der Waals surface area contributed by atoms with Crippen molar-refractivity contribution in [2.75, 3.05) is 13.1 Å². The van der Waals surface area contributed by atoms with Gasteiger partial charge in [0.2, 0.25) is 5.91 Å². The Hall–Kier alpha value is -1.25. The van der Waals surface area contributed by atoms with Gasteiger partial charge in [0, 0.05) is 18.7 Å². The number of hydrogen-bond donors (Lipinski definition) is 1. The van der Waals surface area contributed by atoms with Crippen LogP contribution in [-0.2, 0) is 4.79 Å². The van der Waals surface area contributed by atoms with Gasteiger partial charge in [0.1, 0.15) is 0 Å². The molecule has 0 atom stereocenters. The van der Waals surface area contributed by atoms with E-state index in [-0.39, 0.29) is 5.91 Å². The smallest absolute Gasteiger partial charge is 0.246 e. The van der Waals surface area contributed by atoms with Crippen LogP contribution in [0.2, 0.25) is 0 Å². The van der Waals surface area contributed by atoms with E-state index in [2.05, 4.69) is 0 Å². The fraction of sp³-hybridized carbons (Fsp3) is 0.375. The molecule has 0 spiro atoms. The van der Waals surface area contributed by atoms with Crippen molar-refractivity contribution in [1.29, 1.82) is 0 Å². The fourth-order valence-corrected chi connectivity index (χ4v) is 0.982. The lowest BCUT2D eigenvalue weighted by Crippen LogP contribution is -2.28. The molecule has 1 heterocycles. The highest BCUT2D eigenvalue weighted by Crippen LogP contribution is 2.05. The second-order valence-corrected chi connectivity index (χ2v) is 2.46. The first kappa shape index (κ1) is 7.85. The van der Waals surface area contributed by atoms with Crippen LogP contribution in [-0.4, -0.2) is 23.9 Å². The lowest BCUT2D eigenvalue weighted by molar-refractivity contribution is -0.114. The van der Waals surface area contributed by atoms with E-state index < -0.39 is 0 Å². The quantitative estimate of drug-likeness (QED) is 0.616. The molecular formula is C8H12N2O. The molecular weight excluding hydrogens is 140 g/mol. The van der Waals surface area contributed by atoms with Crippen molar-refractivity contribution in [2.45, 2.75) is 6.92 Å². The van der Waals surface area contributed by atoms with Gasteiger partial charge < -0.3 is 10.6 Å². The van der Waals surface area contributed by atoms with Gasteiger partial charge in [-0.1, -0.05) is 6.08 Å². The van der Waals surface area contributed by atoms with Crippen LogP contribution in [0.1, 0.15) is 6.92 Å². The zero-order chi connectivity index (χ0) is 8.27. The SMILES string of the molecule is CCN1C=CC=C(C(N)=O)C1. The Kier molecular flexibility index (Phi) is 2.31. The summed E-state index contributed by atoms with van der Waals surface area (Å²) in [7, 11) is 0. The zero-order valence-electron chi connectivity index (χ0n) is 6.58. The molecule has 3 heteroatoms. The Morgan fingerprint density at radius 2 is 2.55 bits per heavy atom. The third-order valence-electron chi connectivity index (χ3n) is 1.69. The minimum absolute atomic E-state index is 0.326. The number of rotatable bonds is 2. The third kappa shape index (κ3) is 1.83. The van der Waals surface area contributed by atoms with Crippen molar-refractivity contribution in [1.82, 2.24) is 4.90 Å². The van der Waals surface area contributed by atoms with Gasteiger partial charge in [0.25, 0.3) is 0 Å². The molecule has 0 aromatic carbocycles. The largest absolute Gasteiger partial charge is 0.373 e. The van der Waals surface area contributed by atoms with E-state index in [0.29, 0.717) is 12.1 Å². The van der Waals surface area contributed by atoms with Gasteiger partial charge >= 0.3 is 0 Å². The summed E-state index contributed by atoms with van der Waals surface area (Å²) in [6.07, 6.45) is 5.55. The number of amides is 1. The highest BCUT2D eigenvalue weighted by atomic mass is 16.1. The van der Waals surface area contributed by atoms with Crippen LogP contribution in [0.4, 0.5) is 0 Å². The molecule has 0 bridgehead atoms. The van der Waals surface area contributed by atoms with E-state index >= 15 is 0 Å². The van der Waals surface area contributed by atoms with Crippen LogP contribution in [0.5, 0.6) is 0 Å². The van der Waals surface area contributed by atoms with Crippen LogP contribution in [0.3, 0.4) is 0 Å². The number of carbonyl (C=O) groups is 1. The zero-order valence-corrected chi connectivity index (χ0v) is 6.58. The first-order chi connectivity index (χ1) is 5.24. The van der Waals surface area contributed by atoms with E-state index in [4.69, 9.17) is 5.73 Å². The Labute approximate surface area is 66.2 Å². The molecule has 0 aromatic heterocycles. The summed E-state index contributed by atoms with van der Waals surface area (Å²) in [5.41, 5.74) is 5.79. The van der Waals surface area contributed by atoms with Crippen molar-refractivity contribution < 1.29 is 4.79 Å². The van der Waals surface area contributed by atoms with Gasteiger partial charge in [-0.15, -0.1) is 0 Å². The topological polar surface area (TPSA) is 46.3 Å². The molecule has 1 aliphatic heterocycles. The maximum Gasteiger partial charge on any atom is 0.246 e. The average Bonchev–Trinajstić information content (AvgIpc) is 2.05. The summed E-state index contributed by atoms with van der Waals surface area (Å²) in [5.74, 6) is -0.326. The van der Waals surface area contributed by atoms with Crippen LogP contribution in [0.25, 0.3) is 0 Å². The van der Waals surface area contributed by atoms with Crippen LogP contribution < -0.4 is 5.73 Å². The second kappa shape index (κ2) is 3.23. The van der Waals surface area contributed by atoms with Crippen molar-refractivity contribution >= 4 is 5.91 Å². The second-order valence-electron chi connectivity index (χ2n) is 2.46. The van der Waals surface area contributed by atoms with Gasteiger partial charge in [-0.25, -0.2) is 0 Å². The summed E-state index contributed by atoms with van der Waals surface area (Å²) in [5, 5.41) is 0. The Balaban J connectivity index is 2.64. The van der Waals surface area contributed by atoms with Crippen molar-refractivity contribution in [3.8, 4) is 0 Å². The monoisotopic (exact) mass is 152 g/mol. The van der Waals surface area contributed by atoms with Crippen LogP contribution in [0.15, 0.2) is 23.9 Å². The summed E-state index contributed by atoms with van der Waals surface area (Å²) >= 11 is 0. The number of primary amides is 1. The highest BCUT2D eigenvalue weighted by Gasteiger charge is 2.09. The molecule has 0 radical (unpaired) electrons. The van der Waals surface area contributed by atoms with Gasteiger partial charge in [-0.3, -0.25) is 4.79 Å². The number of hydrogen-bond acceptors (Lipinski definition) is 2. The molecule has 1 aliphatic rings. The summed E-state index contributed by atoms with van der Waals surface area (Å²) < 4.78 is 0. The molecule has 60 valence electrons. The van der Waals surface area contributed by atoms with Gasteiger partial charge in [-0.05, 0) is 19.2 Å². The van der Waals surface area contributed by atoms with E-state index in [1.54, 1.807) is 6.08 Å². The van der Waals surface area contributed by atoms with Gasteiger partial charge in [-0.2, -0.15) is 0 Å². The minimum Gasteiger partial charge on any atom is -0.373 e. The predicted molar refractivity (Wildman–Crippen MR) is 43.7 cm³/mol. The molecule has 1 amide bonds. The maximum atomic E-state index is 10.7. The number of carbonyl (C=O) groups excluding carboxylic acids is 1.